The van der Waals surface area contributed by atoms with E-state index in [1.807, 2.05) is 0 Å². The average molecular weight is 193 g/mol. The van der Waals surface area contributed by atoms with E-state index in [0.29, 0.717) is 19.3 Å². The second-order valence-corrected chi connectivity index (χ2v) is 4.24. The third-order valence-corrected chi connectivity index (χ3v) is 2.72. The van der Waals surface area contributed by atoms with Crippen LogP contribution in [0.4, 0.5) is 0 Å². The zero-order chi connectivity index (χ0) is 9.45. The summed E-state index contributed by atoms with van der Waals surface area (Å²) in [5.41, 5.74) is 0. The highest BCUT2D eigenvalue weighted by Crippen LogP contribution is 2.01. The molecule has 71 valence electrons. The minimum atomic E-state index is -3.31. The smallest absolute Gasteiger partial charge is 0.267 e. The van der Waals surface area contributed by atoms with Crippen LogP contribution < -0.4 is 0 Å². The Morgan fingerprint density at radius 3 is 2.42 bits per heavy atom. The highest BCUT2D eigenvalue weighted by Gasteiger charge is 2.06. The van der Waals surface area contributed by atoms with Crippen LogP contribution in [-0.2, 0) is 19.1 Å². The molecule has 0 aliphatic heterocycles. The van der Waals surface area contributed by atoms with Crippen LogP contribution >= 0.6 is 0 Å². The van der Waals surface area contributed by atoms with Crippen molar-refractivity contribution in [2.75, 3.05) is 12.9 Å². The van der Waals surface area contributed by atoms with Crippen LogP contribution in [0, 0.1) is 0 Å². The fourth-order valence-corrected chi connectivity index (χ4v) is 1.46. The van der Waals surface area contributed by atoms with Gasteiger partial charge in [0, 0.05) is 6.42 Å². The maximum atomic E-state index is 10.7. The van der Waals surface area contributed by atoms with Gasteiger partial charge in [0.1, 0.15) is 0 Å². The third-order valence-electron chi connectivity index (χ3n) is 1.43. The van der Waals surface area contributed by atoms with Crippen molar-refractivity contribution in [1.29, 1.82) is 0 Å². The van der Waals surface area contributed by atoms with Gasteiger partial charge in [-0.15, -0.1) is 0 Å². The molecule has 0 aliphatic carbocycles. The van der Waals surface area contributed by atoms with Crippen LogP contribution in [0.2, 0.25) is 0 Å². The summed E-state index contributed by atoms with van der Waals surface area (Å²) in [4.78, 5) is 9.75. The van der Waals surface area contributed by atoms with Crippen LogP contribution in [0.5, 0.6) is 0 Å². The monoisotopic (exact) mass is 193 g/mol. The van der Waals surface area contributed by atoms with Gasteiger partial charge in [-0.2, -0.15) is 8.42 Å². The van der Waals surface area contributed by atoms with Gasteiger partial charge in [0.15, 0.2) is 6.29 Å². The molecule has 0 unspecified atom stereocenters. The average Bonchev–Trinajstić information content (AvgIpc) is 2.04. The molecule has 0 aromatic carbocycles. The van der Waals surface area contributed by atoms with E-state index < -0.39 is 10.1 Å². The summed E-state index contributed by atoms with van der Waals surface area (Å²) >= 11 is 0. The Balaban J connectivity index is 3.37. The molecule has 5 heteroatoms. The molecule has 0 saturated heterocycles. The molecule has 12 heavy (non-hydrogen) atoms. The molecule has 0 spiro atoms. The molecule has 4 nitrogen and oxygen atoms in total. The molecule has 0 aromatic heterocycles. The van der Waals surface area contributed by atoms with E-state index in [0.717, 1.165) is 13.5 Å². The minimum Gasteiger partial charge on any atom is -0.291 e. The van der Waals surface area contributed by atoms with Gasteiger partial charge < -0.3 is 0 Å². The Morgan fingerprint density at radius 1 is 1.25 bits per heavy atom. The summed E-state index contributed by atoms with van der Waals surface area (Å²) in [7, 11) is -2.16. The minimum absolute atomic E-state index is 0.0301. The Labute approximate surface area is 73.0 Å². The third kappa shape index (κ3) is 6.30. The summed E-state index contributed by atoms with van der Waals surface area (Å²) < 4.78 is 25.7. The first kappa shape index (κ1) is 11.6. The Kier molecular flexibility index (Phi) is 5.92. The van der Waals surface area contributed by atoms with E-state index in [-0.39, 0.29) is 5.75 Å². The Hall–Kier alpha value is -0.420. The van der Waals surface area contributed by atoms with Crippen molar-refractivity contribution in [2.24, 2.45) is 0 Å². The first-order chi connectivity index (χ1) is 5.62. The van der Waals surface area contributed by atoms with Crippen molar-refractivity contribution < 1.29 is 17.4 Å². The quantitative estimate of drug-likeness (QED) is 0.439. The van der Waals surface area contributed by atoms with Gasteiger partial charge in [-0.25, -0.2) is 0 Å². The molecule has 0 atom stereocenters. The lowest BCUT2D eigenvalue weighted by atomic mass is 10.2. The lowest BCUT2D eigenvalue weighted by molar-refractivity contribution is 0.396. The van der Waals surface area contributed by atoms with E-state index >= 15 is 0 Å². The lowest BCUT2D eigenvalue weighted by Crippen LogP contribution is -2.07. The fourth-order valence-electron chi connectivity index (χ4n) is 0.736. The predicted molar refractivity (Wildman–Crippen MR) is 45.0 cm³/mol. The van der Waals surface area contributed by atoms with Crippen molar-refractivity contribution in [1.82, 2.24) is 0 Å². The second-order valence-electron chi connectivity index (χ2n) is 2.38. The van der Waals surface area contributed by atoms with Crippen LogP contribution in [0.25, 0.3) is 0 Å². The number of unbranched alkanes of at least 4 members (excludes halogenated alkanes) is 3. The van der Waals surface area contributed by atoms with Gasteiger partial charge >= 0.3 is 0 Å². The molecule has 0 amide bonds. The van der Waals surface area contributed by atoms with Gasteiger partial charge in [0.2, 0.25) is 0 Å². The normalized spacial score (nSPS) is 11.4. The topological polar surface area (TPSA) is 60.4 Å². The molecular formula is C7H13O4S. The molecule has 0 heterocycles. The van der Waals surface area contributed by atoms with E-state index in [1.54, 1.807) is 6.29 Å². The summed E-state index contributed by atoms with van der Waals surface area (Å²) in [5.74, 6) is 0.0301. The first-order valence-corrected chi connectivity index (χ1v) is 5.33. The molecule has 1 radical (unpaired) electrons. The molecule has 0 rings (SSSR count). The van der Waals surface area contributed by atoms with Crippen molar-refractivity contribution in [3.05, 3.63) is 0 Å². The molecule has 0 saturated carbocycles. The Morgan fingerprint density at radius 2 is 1.92 bits per heavy atom. The van der Waals surface area contributed by atoms with Crippen LogP contribution in [0.1, 0.15) is 25.7 Å². The highest BCUT2D eigenvalue weighted by atomic mass is 32.2. The number of carbonyl (C=O) groups excluding carboxylic acids is 1. The molecule has 0 aliphatic rings. The van der Waals surface area contributed by atoms with E-state index in [1.165, 1.54) is 0 Å². The van der Waals surface area contributed by atoms with Crippen molar-refractivity contribution >= 4 is 16.4 Å². The molecular weight excluding hydrogens is 180 g/mol. The Bertz CT molecular complexity index is 207. The van der Waals surface area contributed by atoms with Crippen molar-refractivity contribution in [3.8, 4) is 0 Å². The van der Waals surface area contributed by atoms with Gasteiger partial charge in [-0.05, 0) is 12.8 Å². The lowest BCUT2D eigenvalue weighted by Gasteiger charge is -1.99. The summed E-state index contributed by atoms with van der Waals surface area (Å²) in [6.07, 6.45) is 4.09. The van der Waals surface area contributed by atoms with Gasteiger partial charge in [-0.3, -0.25) is 8.98 Å². The maximum Gasteiger partial charge on any atom is 0.267 e. The zero-order valence-electron chi connectivity index (χ0n) is 7.08. The van der Waals surface area contributed by atoms with Gasteiger partial charge in [-0.1, -0.05) is 6.42 Å². The molecule has 0 aromatic rings. The summed E-state index contributed by atoms with van der Waals surface area (Å²) in [5, 5.41) is 0. The van der Waals surface area contributed by atoms with Crippen LogP contribution in [0.15, 0.2) is 0 Å². The zero-order valence-corrected chi connectivity index (χ0v) is 7.89. The van der Waals surface area contributed by atoms with Crippen molar-refractivity contribution in [2.45, 2.75) is 25.7 Å². The summed E-state index contributed by atoms with van der Waals surface area (Å²) in [6, 6.07) is 0. The maximum absolute atomic E-state index is 10.7. The number of rotatable bonds is 7. The van der Waals surface area contributed by atoms with Crippen molar-refractivity contribution in [3.63, 3.8) is 0 Å². The standard InChI is InChI=1S/C7H13O4S/c1-11-12(9,10)7-5-3-2-4-6-8/h2-5,7H2,1H3. The second kappa shape index (κ2) is 6.14. The van der Waals surface area contributed by atoms with E-state index in [9.17, 15) is 13.2 Å². The molecule has 0 bridgehead atoms. The van der Waals surface area contributed by atoms with E-state index in [2.05, 4.69) is 4.18 Å². The fraction of sp³-hybridized carbons (Fsp3) is 0.857. The van der Waals surface area contributed by atoms with Gasteiger partial charge in [0.05, 0.1) is 12.9 Å². The molecule has 0 N–H and O–H groups in total. The first-order valence-electron chi connectivity index (χ1n) is 3.75. The summed E-state index contributed by atoms with van der Waals surface area (Å²) in [6.45, 7) is 0. The number of hydrogen-bond acceptors (Lipinski definition) is 4. The molecule has 0 fully saturated rings. The predicted octanol–water partition coefficient (Wildman–Crippen LogP) is 0.633. The van der Waals surface area contributed by atoms with Crippen LogP contribution in [-0.4, -0.2) is 27.6 Å². The number of hydrogen-bond donors (Lipinski definition) is 0. The highest BCUT2D eigenvalue weighted by molar-refractivity contribution is 7.86. The SMILES string of the molecule is COS(=O)(=O)CCCCC[C]=O. The van der Waals surface area contributed by atoms with Crippen LogP contribution in [0.3, 0.4) is 0 Å². The van der Waals surface area contributed by atoms with Gasteiger partial charge in [0.25, 0.3) is 10.1 Å². The largest absolute Gasteiger partial charge is 0.291 e. The van der Waals surface area contributed by atoms with E-state index in [4.69, 9.17) is 0 Å².